The maximum atomic E-state index is 12.3. The van der Waals surface area contributed by atoms with Crippen LogP contribution in [0.2, 0.25) is 0 Å². The third-order valence-electron chi connectivity index (χ3n) is 3.92. The van der Waals surface area contributed by atoms with Gasteiger partial charge in [0.1, 0.15) is 5.75 Å². The van der Waals surface area contributed by atoms with Gasteiger partial charge in [-0.25, -0.2) is 0 Å². The minimum absolute atomic E-state index is 0.0293. The Hall–Kier alpha value is -4.01. The molecule has 0 fully saturated rings. The van der Waals surface area contributed by atoms with E-state index in [1.165, 1.54) is 13.3 Å². The lowest BCUT2D eigenvalue weighted by Crippen LogP contribution is -2.21. The van der Waals surface area contributed by atoms with E-state index in [0.717, 1.165) is 10.4 Å². The molecule has 3 aromatic rings. The fourth-order valence-electron chi connectivity index (χ4n) is 2.38. The van der Waals surface area contributed by atoms with Crippen LogP contribution in [0.3, 0.4) is 0 Å². The van der Waals surface area contributed by atoms with Gasteiger partial charge in [0.25, 0.3) is 11.8 Å². The van der Waals surface area contributed by atoms with Crippen LogP contribution >= 0.6 is 0 Å². The Balaban J connectivity index is 1.81. The smallest absolute Gasteiger partial charge is 0.277 e. The molecule has 1 heterocycles. The second kappa shape index (κ2) is 9.27. The molecule has 0 bridgehead atoms. The molecule has 1 aromatic heterocycles. The van der Waals surface area contributed by atoms with Crippen molar-refractivity contribution in [2.24, 2.45) is 5.10 Å². The van der Waals surface area contributed by atoms with Crippen molar-refractivity contribution in [3.8, 4) is 11.6 Å². The van der Waals surface area contributed by atoms with Gasteiger partial charge in [-0.2, -0.15) is 5.10 Å². The number of nitrogens with one attached hydrogen (secondary N) is 1. The summed E-state index contributed by atoms with van der Waals surface area (Å²) in [5, 5.41) is 14.3. The lowest BCUT2D eigenvalue weighted by molar-refractivity contribution is 0.0898. The summed E-state index contributed by atoms with van der Waals surface area (Å²) in [6.45, 7) is -0.292. The largest absolute Gasteiger partial charge is 0.497 e. The van der Waals surface area contributed by atoms with E-state index in [-0.39, 0.29) is 24.0 Å². The summed E-state index contributed by atoms with van der Waals surface area (Å²) in [6, 6.07) is 15.9. The van der Waals surface area contributed by atoms with Gasteiger partial charge in [-0.1, -0.05) is 35.1 Å². The van der Waals surface area contributed by atoms with Gasteiger partial charge in [0.05, 0.1) is 13.3 Å². The van der Waals surface area contributed by atoms with Crippen molar-refractivity contribution in [3.05, 3.63) is 71.4 Å². The van der Waals surface area contributed by atoms with E-state index in [4.69, 9.17) is 9.47 Å². The predicted molar refractivity (Wildman–Crippen MR) is 106 cm³/mol. The topological polar surface area (TPSA) is 108 Å². The molecular weight excluding hydrogens is 374 g/mol. The van der Waals surface area contributed by atoms with Crippen LogP contribution in [0, 0.1) is 0 Å². The van der Waals surface area contributed by atoms with Crippen LogP contribution in [-0.4, -0.2) is 53.8 Å². The summed E-state index contributed by atoms with van der Waals surface area (Å²) in [6.07, 6.45) is 1.52. The maximum Gasteiger partial charge on any atom is 0.277 e. The predicted octanol–water partition coefficient (Wildman–Crippen LogP) is 1.79. The molecule has 0 unspecified atom stereocenters. The molecular formula is C20H19N5O4. The van der Waals surface area contributed by atoms with Crippen LogP contribution in [0.15, 0.2) is 59.7 Å². The molecule has 0 aliphatic heterocycles. The molecule has 0 saturated heterocycles. The van der Waals surface area contributed by atoms with Gasteiger partial charge < -0.3 is 14.8 Å². The minimum Gasteiger partial charge on any atom is -0.497 e. The molecule has 0 aliphatic rings. The van der Waals surface area contributed by atoms with Crippen molar-refractivity contribution in [2.45, 2.75) is 0 Å². The summed E-state index contributed by atoms with van der Waals surface area (Å²) in [7, 11) is 3.04. The number of rotatable bonds is 8. The van der Waals surface area contributed by atoms with Crippen molar-refractivity contribution in [1.82, 2.24) is 20.4 Å². The third-order valence-corrected chi connectivity index (χ3v) is 3.92. The Bertz CT molecular complexity index is 1010. The molecule has 9 heteroatoms. The summed E-state index contributed by atoms with van der Waals surface area (Å²) < 4.78 is 10.7. The average Bonchev–Trinajstić information content (AvgIpc) is 3.19. The number of nitrogens with zero attached hydrogens (tertiary/aromatic N) is 4. The number of hydrogen-bond acceptors (Lipinski definition) is 7. The van der Waals surface area contributed by atoms with E-state index >= 15 is 0 Å². The zero-order chi connectivity index (χ0) is 20.6. The monoisotopic (exact) mass is 393 g/mol. The summed E-state index contributed by atoms with van der Waals surface area (Å²) >= 11 is 0. The van der Waals surface area contributed by atoms with E-state index in [1.807, 2.05) is 6.07 Å². The fourth-order valence-corrected chi connectivity index (χ4v) is 2.38. The fraction of sp³-hybridized carbons (Fsp3) is 0.150. The summed E-state index contributed by atoms with van der Waals surface area (Å²) in [4.78, 5) is 25.4. The highest BCUT2D eigenvalue weighted by Crippen LogP contribution is 2.17. The lowest BCUT2D eigenvalue weighted by atomic mass is 10.1. The molecule has 148 valence electrons. The van der Waals surface area contributed by atoms with Gasteiger partial charge in [0, 0.05) is 12.6 Å². The van der Waals surface area contributed by atoms with Crippen LogP contribution in [-0.2, 0) is 0 Å². The lowest BCUT2D eigenvalue weighted by Gasteiger charge is -2.06. The van der Waals surface area contributed by atoms with Crippen molar-refractivity contribution >= 4 is 17.9 Å². The van der Waals surface area contributed by atoms with Crippen molar-refractivity contribution in [3.63, 3.8) is 0 Å². The number of aromatic nitrogens is 3. The molecule has 3 rings (SSSR count). The Morgan fingerprint density at radius 3 is 2.52 bits per heavy atom. The van der Waals surface area contributed by atoms with Gasteiger partial charge in [-0.15, -0.1) is 5.10 Å². The Labute approximate surface area is 166 Å². The maximum absolute atomic E-state index is 12.3. The van der Waals surface area contributed by atoms with Gasteiger partial charge >= 0.3 is 0 Å². The normalized spacial score (nSPS) is 10.7. The number of carbonyl (C=O) groups excluding carboxylic acids is 2. The molecule has 9 nitrogen and oxygen atoms in total. The number of Topliss-reactive ketones (excluding diaryl/α,β-unsaturated/α-hetero) is 1. The van der Waals surface area contributed by atoms with E-state index in [1.54, 1.807) is 55.6 Å². The quantitative estimate of drug-likeness (QED) is 0.462. The summed E-state index contributed by atoms with van der Waals surface area (Å²) in [5.74, 6) is -0.0648. The van der Waals surface area contributed by atoms with Crippen molar-refractivity contribution in [2.75, 3.05) is 20.8 Å². The molecule has 0 atom stereocenters. The van der Waals surface area contributed by atoms with Crippen LogP contribution in [0.5, 0.6) is 11.6 Å². The van der Waals surface area contributed by atoms with Gasteiger partial charge in [-0.05, 0) is 35.0 Å². The standard InChI is InChI=1S/C20H19N5O4/c1-21-19(27)18-20(29-13-17(26)15-6-4-3-5-7-15)25(24-23-18)22-12-14-8-10-16(28-2)11-9-14/h3-12H,13H2,1-2H3,(H,21,27)/b22-12-. The minimum atomic E-state index is -0.502. The first-order chi connectivity index (χ1) is 14.1. The number of ketones is 1. The first-order valence-corrected chi connectivity index (χ1v) is 8.69. The second-order valence-electron chi connectivity index (χ2n) is 5.81. The Morgan fingerprint density at radius 2 is 1.86 bits per heavy atom. The molecule has 29 heavy (non-hydrogen) atoms. The molecule has 0 saturated carbocycles. The molecule has 1 N–H and O–H groups in total. The number of amides is 1. The zero-order valence-corrected chi connectivity index (χ0v) is 15.9. The first kappa shape index (κ1) is 19.7. The van der Waals surface area contributed by atoms with Crippen molar-refractivity contribution < 1.29 is 19.1 Å². The number of methoxy groups -OCH3 is 1. The van der Waals surface area contributed by atoms with E-state index in [0.29, 0.717) is 11.3 Å². The van der Waals surface area contributed by atoms with Gasteiger partial charge in [-0.3, -0.25) is 9.59 Å². The van der Waals surface area contributed by atoms with E-state index in [9.17, 15) is 9.59 Å². The highest BCUT2D eigenvalue weighted by molar-refractivity contribution is 5.97. The van der Waals surface area contributed by atoms with Crippen LogP contribution in [0.1, 0.15) is 26.4 Å². The van der Waals surface area contributed by atoms with Gasteiger partial charge in [0.15, 0.2) is 12.4 Å². The van der Waals surface area contributed by atoms with E-state index in [2.05, 4.69) is 20.7 Å². The number of ether oxygens (including phenoxy) is 2. The highest BCUT2D eigenvalue weighted by atomic mass is 16.5. The van der Waals surface area contributed by atoms with Crippen molar-refractivity contribution in [1.29, 1.82) is 0 Å². The highest BCUT2D eigenvalue weighted by Gasteiger charge is 2.21. The zero-order valence-electron chi connectivity index (χ0n) is 15.9. The number of hydrogen-bond donors (Lipinski definition) is 1. The second-order valence-corrected chi connectivity index (χ2v) is 5.81. The first-order valence-electron chi connectivity index (χ1n) is 8.69. The molecule has 1 amide bonds. The molecule has 0 spiro atoms. The Morgan fingerprint density at radius 1 is 1.14 bits per heavy atom. The number of carbonyl (C=O) groups is 2. The van der Waals surface area contributed by atoms with Gasteiger partial charge in [0.2, 0.25) is 5.69 Å². The average molecular weight is 393 g/mol. The SMILES string of the molecule is CNC(=O)c1nnn(/N=C\c2ccc(OC)cc2)c1OCC(=O)c1ccccc1. The third kappa shape index (κ3) is 4.83. The Kier molecular flexibility index (Phi) is 6.31. The summed E-state index contributed by atoms with van der Waals surface area (Å²) in [5.41, 5.74) is 1.20. The van der Waals surface area contributed by atoms with E-state index < -0.39 is 5.91 Å². The van der Waals surface area contributed by atoms with Crippen LogP contribution in [0.4, 0.5) is 0 Å². The molecule has 2 aromatic carbocycles. The molecule has 0 radical (unpaired) electrons. The molecule has 0 aliphatic carbocycles. The van der Waals surface area contributed by atoms with Crippen LogP contribution in [0.25, 0.3) is 0 Å². The number of benzene rings is 2. The van der Waals surface area contributed by atoms with Crippen LogP contribution < -0.4 is 14.8 Å².